The van der Waals surface area contributed by atoms with E-state index in [0.717, 1.165) is 42.0 Å². The maximum atomic E-state index is 6.12. The summed E-state index contributed by atoms with van der Waals surface area (Å²) in [7, 11) is 0. The van der Waals surface area contributed by atoms with Crippen LogP contribution in [0.4, 0.5) is 0 Å². The van der Waals surface area contributed by atoms with Crippen LogP contribution in [0.3, 0.4) is 0 Å². The number of thiocarbonyl (C=S) groups is 2. The van der Waals surface area contributed by atoms with Gasteiger partial charge in [-0.2, -0.15) is 0 Å². The largest absolute Gasteiger partial charge is 0.309 e. The lowest BCUT2D eigenvalue weighted by Gasteiger charge is -2.09. The molecule has 226 valence electrons. The van der Waals surface area contributed by atoms with Crippen molar-refractivity contribution in [1.82, 2.24) is 9.13 Å². The van der Waals surface area contributed by atoms with Gasteiger partial charge in [0.15, 0.2) is 0 Å². The molecule has 0 atom stereocenters. The molecule has 0 saturated carbocycles. The molecule has 0 fully saturated rings. The van der Waals surface area contributed by atoms with Crippen molar-refractivity contribution in [1.29, 1.82) is 0 Å². The molecule has 2 nitrogen and oxygen atoms in total. The van der Waals surface area contributed by atoms with Gasteiger partial charge in [0.2, 0.25) is 0 Å². The molecule has 0 N–H and O–H groups in total. The van der Waals surface area contributed by atoms with Crippen LogP contribution in [0.5, 0.6) is 0 Å². The average molecular weight is 685 g/mol. The quantitative estimate of drug-likeness (QED) is 0.171. The van der Waals surface area contributed by atoms with Gasteiger partial charge in [-0.05, 0) is 71.8 Å². The van der Waals surface area contributed by atoms with E-state index < -0.39 is 0 Å². The molecule has 0 spiro atoms. The average Bonchev–Trinajstić information content (AvgIpc) is 3.83. The van der Waals surface area contributed by atoms with Gasteiger partial charge in [0.1, 0.15) is 0 Å². The first-order valence-electron chi connectivity index (χ1n) is 15.8. The van der Waals surface area contributed by atoms with Crippen molar-refractivity contribution in [2.75, 3.05) is 0 Å². The SMILES string of the molecule is S=C1SC2=C(c3ccc4c(c3)c3ccccc3n4-c3ccccc3)C(=S)SC2=C1c1ccc2c(c1)c1ccccc1n2-c1ccccc1. The van der Waals surface area contributed by atoms with Crippen LogP contribution in [0.2, 0.25) is 0 Å². The molecule has 10 rings (SSSR count). The molecule has 0 aliphatic carbocycles. The first-order valence-corrected chi connectivity index (χ1v) is 18.2. The molecule has 0 amide bonds. The summed E-state index contributed by atoms with van der Waals surface area (Å²) >= 11 is 15.6. The second kappa shape index (κ2) is 10.9. The van der Waals surface area contributed by atoms with Crippen molar-refractivity contribution in [2.45, 2.75) is 0 Å². The molecule has 2 aliphatic heterocycles. The summed E-state index contributed by atoms with van der Waals surface area (Å²) < 4.78 is 6.50. The molecule has 8 aromatic rings. The van der Waals surface area contributed by atoms with E-state index in [1.807, 2.05) is 0 Å². The molecule has 4 heterocycles. The summed E-state index contributed by atoms with van der Waals surface area (Å²) in [6.45, 7) is 0. The summed E-state index contributed by atoms with van der Waals surface area (Å²) in [6, 6.07) is 52.0. The van der Waals surface area contributed by atoms with E-state index in [2.05, 4.69) is 155 Å². The van der Waals surface area contributed by atoms with Crippen LogP contribution in [-0.2, 0) is 0 Å². The third-order valence-electron chi connectivity index (χ3n) is 9.41. The highest BCUT2D eigenvalue weighted by atomic mass is 32.2. The molecule has 48 heavy (non-hydrogen) atoms. The Morgan fingerprint density at radius 2 is 0.750 bits per heavy atom. The standard InChI is InChI=1S/C42H24N2S4/c45-41-37(25-19-21-35-31(23-25)29-15-7-9-17-33(29)43(35)27-11-3-1-4-12-27)39-40(48-41)38(42(46)47-39)26-20-22-36-32(24-26)30-16-8-10-18-34(30)44(36)28-13-5-2-6-14-28/h1-24H. The fourth-order valence-electron chi connectivity index (χ4n) is 7.36. The lowest BCUT2D eigenvalue weighted by atomic mass is 10.0. The molecule has 2 aromatic heterocycles. The van der Waals surface area contributed by atoms with Crippen molar-refractivity contribution in [3.63, 3.8) is 0 Å². The van der Waals surface area contributed by atoms with Gasteiger partial charge in [-0.15, -0.1) is 0 Å². The number of fused-ring (bicyclic) bond motifs is 7. The number of thioether (sulfide) groups is 2. The Morgan fingerprint density at radius 3 is 1.19 bits per heavy atom. The van der Waals surface area contributed by atoms with Crippen LogP contribution in [0.15, 0.2) is 155 Å². The van der Waals surface area contributed by atoms with Gasteiger partial charge in [0.25, 0.3) is 0 Å². The number of benzene rings is 6. The number of hydrogen-bond donors (Lipinski definition) is 0. The van der Waals surface area contributed by atoms with Crippen LogP contribution in [0.25, 0.3) is 66.1 Å². The van der Waals surface area contributed by atoms with Crippen molar-refractivity contribution in [3.8, 4) is 11.4 Å². The molecular weight excluding hydrogens is 661 g/mol. The van der Waals surface area contributed by atoms with E-state index >= 15 is 0 Å². The highest BCUT2D eigenvalue weighted by Gasteiger charge is 2.37. The van der Waals surface area contributed by atoms with Gasteiger partial charge in [0.05, 0.1) is 30.5 Å². The van der Waals surface area contributed by atoms with Crippen molar-refractivity contribution < 1.29 is 0 Å². The summed E-state index contributed by atoms with van der Waals surface area (Å²) in [5.74, 6) is 0. The predicted octanol–water partition coefficient (Wildman–Crippen LogP) is 12.2. The first kappa shape index (κ1) is 28.3. The number of para-hydroxylation sites is 4. The topological polar surface area (TPSA) is 9.86 Å². The van der Waals surface area contributed by atoms with E-state index in [-0.39, 0.29) is 0 Å². The number of aromatic nitrogens is 2. The summed E-state index contributed by atoms with van der Waals surface area (Å²) in [6.07, 6.45) is 0. The zero-order chi connectivity index (χ0) is 31.9. The van der Waals surface area contributed by atoms with E-state index in [4.69, 9.17) is 24.4 Å². The molecule has 0 radical (unpaired) electrons. The minimum Gasteiger partial charge on any atom is -0.309 e. The van der Waals surface area contributed by atoms with E-state index in [0.29, 0.717) is 0 Å². The fraction of sp³-hybridized carbons (Fsp3) is 0. The van der Waals surface area contributed by atoms with Crippen molar-refractivity contribution in [2.24, 2.45) is 0 Å². The summed E-state index contributed by atoms with van der Waals surface area (Å²) in [4.78, 5) is 2.37. The van der Waals surface area contributed by atoms with Crippen LogP contribution < -0.4 is 0 Å². The van der Waals surface area contributed by atoms with E-state index in [1.165, 1.54) is 53.4 Å². The second-order valence-electron chi connectivity index (χ2n) is 12.0. The number of rotatable bonds is 4. The minimum atomic E-state index is 0.903. The van der Waals surface area contributed by atoms with Crippen LogP contribution in [0.1, 0.15) is 11.1 Å². The van der Waals surface area contributed by atoms with E-state index in [9.17, 15) is 0 Å². The molecule has 6 aromatic carbocycles. The normalized spacial score (nSPS) is 14.8. The van der Waals surface area contributed by atoms with E-state index in [1.54, 1.807) is 23.5 Å². The minimum absolute atomic E-state index is 0.903. The van der Waals surface area contributed by atoms with Crippen LogP contribution in [-0.4, -0.2) is 17.5 Å². The van der Waals surface area contributed by atoms with Gasteiger partial charge in [-0.1, -0.05) is 133 Å². The lowest BCUT2D eigenvalue weighted by Crippen LogP contribution is -1.95. The maximum absolute atomic E-state index is 6.12. The third-order valence-corrected chi connectivity index (χ3v) is 12.5. The Kier molecular flexibility index (Phi) is 6.43. The Balaban J connectivity index is 1.14. The lowest BCUT2D eigenvalue weighted by molar-refractivity contribution is 1.18. The zero-order valence-corrected chi connectivity index (χ0v) is 28.6. The fourth-order valence-corrected chi connectivity index (χ4v) is 10.9. The Bertz CT molecular complexity index is 2560. The monoisotopic (exact) mass is 684 g/mol. The first-order chi connectivity index (χ1) is 23.7. The van der Waals surface area contributed by atoms with Crippen molar-refractivity contribution in [3.05, 3.63) is 167 Å². The van der Waals surface area contributed by atoms with Gasteiger partial charge < -0.3 is 9.13 Å². The molecule has 0 bridgehead atoms. The molecule has 2 aliphatic rings. The van der Waals surface area contributed by atoms with Gasteiger partial charge in [-0.25, -0.2) is 0 Å². The molecule has 6 heteroatoms. The zero-order valence-electron chi connectivity index (χ0n) is 25.4. The summed E-state index contributed by atoms with van der Waals surface area (Å²) in [5.41, 5.74) is 11.6. The van der Waals surface area contributed by atoms with Gasteiger partial charge >= 0.3 is 0 Å². The number of hydrogen-bond acceptors (Lipinski definition) is 4. The van der Waals surface area contributed by atoms with Gasteiger partial charge in [0, 0.05) is 53.9 Å². The van der Waals surface area contributed by atoms with Crippen LogP contribution in [0, 0.1) is 0 Å². The molecule has 0 unspecified atom stereocenters. The molecule has 0 saturated heterocycles. The molecular formula is C42H24N2S4. The van der Waals surface area contributed by atoms with Crippen molar-refractivity contribution >= 4 is 111 Å². The second-order valence-corrected chi connectivity index (χ2v) is 15.4. The smallest absolute Gasteiger partial charge is 0.0844 e. The predicted molar refractivity (Wildman–Crippen MR) is 216 cm³/mol. The number of nitrogens with zero attached hydrogens (tertiary/aromatic N) is 2. The Labute approximate surface area is 296 Å². The Hall–Kier alpha value is -4.72. The Morgan fingerprint density at radius 1 is 0.375 bits per heavy atom. The highest BCUT2D eigenvalue weighted by Crippen LogP contribution is 2.58. The highest BCUT2D eigenvalue weighted by molar-refractivity contribution is 8.33. The van der Waals surface area contributed by atoms with Gasteiger partial charge in [-0.3, -0.25) is 0 Å². The third kappa shape index (κ3) is 4.13. The summed E-state index contributed by atoms with van der Waals surface area (Å²) in [5, 5.41) is 4.90. The maximum Gasteiger partial charge on any atom is 0.0844 e. The van der Waals surface area contributed by atoms with Crippen LogP contribution >= 0.6 is 48.0 Å².